The highest BCUT2D eigenvalue weighted by atomic mass is 14.8. The second-order valence-corrected chi connectivity index (χ2v) is 7.74. The zero-order valence-corrected chi connectivity index (χ0v) is 17.9. The van der Waals surface area contributed by atoms with E-state index in [1.54, 1.807) is 0 Å². The van der Waals surface area contributed by atoms with E-state index in [0.717, 1.165) is 51.3 Å². The highest BCUT2D eigenvalue weighted by molar-refractivity contribution is 5.77. The van der Waals surface area contributed by atoms with E-state index in [9.17, 15) is 0 Å². The molecule has 4 aromatic rings. The maximum Gasteiger partial charge on any atom is 0.0659 e. The molecule has 2 aliphatic heterocycles. The summed E-state index contributed by atoms with van der Waals surface area (Å²) in [6.07, 6.45) is 9.19. The summed E-state index contributed by atoms with van der Waals surface area (Å²) in [4.78, 5) is 16.0. The molecule has 8 bridgehead atoms. The third-order valence-electron chi connectivity index (χ3n) is 5.29. The van der Waals surface area contributed by atoms with Crippen LogP contribution in [0.2, 0.25) is 0 Å². The quantitative estimate of drug-likeness (QED) is 0.306. The van der Waals surface area contributed by atoms with Gasteiger partial charge in [0.15, 0.2) is 0 Å². The molecule has 0 unspecified atom stereocenters. The van der Waals surface area contributed by atoms with Crippen molar-refractivity contribution in [1.82, 2.24) is 19.9 Å². The number of aryl methyl sites for hydroxylation is 1. The summed E-state index contributed by atoms with van der Waals surface area (Å²) >= 11 is 0. The summed E-state index contributed by atoms with van der Waals surface area (Å²) in [7, 11) is 0. The van der Waals surface area contributed by atoms with Crippen LogP contribution in [0.25, 0.3) is 46.4 Å². The van der Waals surface area contributed by atoms with Gasteiger partial charge in [-0.15, -0.1) is 0 Å². The van der Waals surface area contributed by atoms with Crippen LogP contribution in [-0.2, 0) is 6.42 Å². The lowest BCUT2D eigenvalue weighted by Gasteiger charge is -1.89. The van der Waals surface area contributed by atoms with Gasteiger partial charge in [-0.2, -0.15) is 0 Å². The second kappa shape index (κ2) is 8.90. The Morgan fingerprint density at radius 3 is 1.41 bits per heavy atom. The van der Waals surface area contributed by atoms with Crippen LogP contribution >= 0.6 is 0 Å². The van der Waals surface area contributed by atoms with Crippen LogP contribution < -0.4 is 0 Å². The number of fused-ring (bicyclic) bond motifs is 8. The molecule has 5 heterocycles. The van der Waals surface area contributed by atoms with Crippen molar-refractivity contribution in [2.24, 2.45) is 0 Å². The third kappa shape index (κ3) is 4.76. The zero-order valence-electron chi connectivity index (χ0n) is 17.9. The number of hydrogen-bond acceptors (Lipinski definition) is 2. The number of aromatic nitrogens is 4. The Kier molecular flexibility index (Phi) is 5.50. The fourth-order valence-electron chi connectivity index (χ4n) is 3.66. The normalized spacial score (nSPS) is 11.8. The van der Waals surface area contributed by atoms with Gasteiger partial charge in [-0.05, 0) is 84.8 Å². The van der Waals surface area contributed by atoms with E-state index in [1.807, 2.05) is 48.6 Å². The van der Waals surface area contributed by atoms with Gasteiger partial charge in [0.1, 0.15) is 0 Å². The van der Waals surface area contributed by atoms with Crippen LogP contribution in [0.5, 0.6) is 0 Å². The van der Waals surface area contributed by atoms with Crippen molar-refractivity contribution in [3.63, 3.8) is 0 Å². The lowest BCUT2D eigenvalue weighted by atomic mass is 10.2. The Morgan fingerprint density at radius 1 is 0.531 bits per heavy atom. The predicted molar refractivity (Wildman–Crippen MR) is 135 cm³/mol. The molecular formula is C28H24N4. The molecule has 4 heteroatoms. The van der Waals surface area contributed by atoms with E-state index >= 15 is 0 Å². The lowest BCUT2D eigenvalue weighted by molar-refractivity contribution is 1.14. The fraction of sp³-hybridized carbons (Fsp3) is 0.0714. The van der Waals surface area contributed by atoms with E-state index in [0.29, 0.717) is 0 Å². The first-order valence-electron chi connectivity index (χ1n) is 10.8. The average Bonchev–Trinajstić information content (AvgIpc) is 3.61. The number of hydrogen-bond donors (Lipinski definition) is 2. The molecule has 0 fully saturated rings. The van der Waals surface area contributed by atoms with Crippen molar-refractivity contribution in [2.75, 3.05) is 0 Å². The molecule has 0 saturated heterocycles. The van der Waals surface area contributed by atoms with Crippen LogP contribution in [0, 0.1) is 0 Å². The second-order valence-electron chi connectivity index (χ2n) is 7.74. The zero-order chi connectivity index (χ0) is 21.8. The van der Waals surface area contributed by atoms with Crippen LogP contribution in [0.4, 0.5) is 0 Å². The van der Waals surface area contributed by atoms with Crippen molar-refractivity contribution >= 4 is 46.4 Å². The van der Waals surface area contributed by atoms with Gasteiger partial charge in [-0.3, -0.25) is 0 Å². The largest absolute Gasteiger partial charge is 0.355 e. The van der Waals surface area contributed by atoms with Crippen LogP contribution in [0.3, 0.4) is 0 Å². The summed E-state index contributed by atoms with van der Waals surface area (Å²) in [5.74, 6) is 0. The maximum absolute atomic E-state index is 4.62. The Balaban J connectivity index is 0.000000230. The van der Waals surface area contributed by atoms with Crippen molar-refractivity contribution in [3.8, 4) is 0 Å². The number of H-pyrrole nitrogens is 2. The molecule has 156 valence electrons. The third-order valence-corrected chi connectivity index (χ3v) is 5.29. The van der Waals surface area contributed by atoms with Gasteiger partial charge in [0.2, 0.25) is 0 Å². The first-order valence-corrected chi connectivity index (χ1v) is 10.8. The lowest BCUT2D eigenvalue weighted by Crippen LogP contribution is -1.77. The van der Waals surface area contributed by atoms with Crippen molar-refractivity contribution in [2.45, 2.75) is 13.3 Å². The summed E-state index contributed by atoms with van der Waals surface area (Å²) in [6, 6.07) is 26.9. The van der Waals surface area contributed by atoms with Gasteiger partial charge < -0.3 is 9.97 Å². The van der Waals surface area contributed by atoms with Gasteiger partial charge in [0.05, 0.1) is 22.8 Å². The minimum atomic E-state index is 0.915. The number of benzene rings is 1. The van der Waals surface area contributed by atoms with Crippen molar-refractivity contribution in [3.05, 3.63) is 107 Å². The Bertz CT molecular complexity index is 1360. The fourth-order valence-corrected chi connectivity index (χ4v) is 3.66. The molecule has 1 aromatic carbocycles. The molecule has 2 aliphatic rings. The van der Waals surface area contributed by atoms with E-state index in [4.69, 9.17) is 0 Å². The number of rotatable bonds is 1. The van der Waals surface area contributed by atoms with Crippen LogP contribution in [-0.4, -0.2) is 19.9 Å². The Labute approximate surface area is 187 Å². The maximum atomic E-state index is 4.62. The van der Waals surface area contributed by atoms with Gasteiger partial charge in [-0.25, -0.2) is 9.97 Å². The minimum Gasteiger partial charge on any atom is -0.355 e. The van der Waals surface area contributed by atoms with E-state index in [-0.39, 0.29) is 0 Å². The summed E-state index contributed by atoms with van der Waals surface area (Å²) in [5.41, 5.74) is 9.27. The summed E-state index contributed by atoms with van der Waals surface area (Å²) in [6.45, 7) is 2.16. The monoisotopic (exact) mass is 416 g/mol. The molecule has 3 aromatic heterocycles. The molecule has 32 heavy (non-hydrogen) atoms. The molecule has 0 aliphatic carbocycles. The number of nitrogens with zero attached hydrogens (tertiary/aromatic N) is 2. The molecule has 0 atom stereocenters. The molecule has 4 nitrogen and oxygen atoms in total. The highest BCUT2D eigenvalue weighted by Gasteiger charge is 2.02. The minimum absolute atomic E-state index is 0.915. The van der Waals surface area contributed by atoms with Gasteiger partial charge in [0, 0.05) is 22.1 Å². The smallest absolute Gasteiger partial charge is 0.0659 e. The molecule has 0 amide bonds. The standard InChI is InChI=1S/C20H14N4.C8H10/c1-2-14-10-16-5-6-18(23-16)12-20-8-7-19(24-20)11-17-4-3-15(22-17)9-13(1)21-14;1-2-8-6-4-3-5-7-8/h1-12,21-22H;3-7H,2H2,1H3. The van der Waals surface area contributed by atoms with Gasteiger partial charge >= 0.3 is 0 Å². The molecule has 0 radical (unpaired) electrons. The topological polar surface area (TPSA) is 57.4 Å². The molecule has 2 N–H and O–H groups in total. The Hall–Kier alpha value is -4.18. The Morgan fingerprint density at radius 2 is 0.969 bits per heavy atom. The first kappa shape index (κ1) is 19.8. The molecule has 0 spiro atoms. The van der Waals surface area contributed by atoms with E-state index < -0.39 is 0 Å². The molecule has 6 rings (SSSR count). The summed E-state index contributed by atoms with van der Waals surface area (Å²) < 4.78 is 0. The predicted octanol–water partition coefficient (Wildman–Crippen LogP) is 6.90. The van der Waals surface area contributed by atoms with E-state index in [2.05, 4.69) is 81.5 Å². The van der Waals surface area contributed by atoms with Gasteiger partial charge in [0.25, 0.3) is 0 Å². The molecule has 0 saturated carbocycles. The van der Waals surface area contributed by atoms with Crippen molar-refractivity contribution in [1.29, 1.82) is 0 Å². The SMILES string of the molecule is C1=Cc2cc3ccc(cc4ccc(cc5nc(cc1n2)C=C5)[nH]4)[nH]3.CCc1ccccc1. The average molecular weight is 417 g/mol. The highest BCUT2D eigenvalue weighted by Crippen LogP contribution is 2.17. The van der Waals surface area contributed by atoms with E-state index in [1.165, 1.54) is 5.56 Å². The first-order chi connectivity index (χ1) is 15.7. The van der Waals surface area contributed by atoms with Crippen LogP contribution in [0.1, 0.15) is 35.3 Å². The summed E-state index contributed by atoms with van der Waals surface area (Å²) in [5, 5.41) is 0. The number of nitrogens with one attached hydrogen (secondary N) is 2. The van der Waals surface area contributed by atoms with Crippen molar-refractivity contribution < 1.29 is 0 Å². The van der Waals surface area contributed by atoms with Crippen LogP contribution in [0.15, 0.2) is 78.9 Å². The number of aromatic amines is 2. The van der Waals surface area contributed by atoms with Gasteiger partial charge in [-0.1, -0.05) is 37.3 Å². The molecular weight excluding hydrogens is 392 g/mol.